The molecule has 0 aromatic heterocycles. The molecule has 0 bridgehead atoms. The summed E-state index contributed by atoms with van der Waals surface area (Å²) in [6.45, 7) is 3.51. The highest BCUT2D eigenvalue weighted by atomic mass is 35.5. The van der Waals surface area contributed by atoms with Gasteiger partial charge in [-0.25, -0.2) is 8.42 Å². The topological polar surface area (TPSA) is 43.4 Å². The Bertz CT molecular complexity index is 547. The van der Waals surface area contributed by atoms with Crippen molar-refractivity contribution in [2.24, 2.45) is 0 Å². The van der Waals surface area contributed by atoms with Gasteiger partial charge in [0, 0.05) is 6.07 Å². The Kier molecular flexibility index (Phi) is 5.44. The van der Waals surface area contributed by atoms with Crippen molar-refractivity contribution in [2.45, 2.75) is 11.3 Å². The van der Waals surface area contributed by atoms with E-state index >= 15 is 0 Å². The molecule has 98 valence electrons. The molecule has 18 heavy (non-hydrogen) atoms. The second kappa shape index (κ2) is 6.61. The van der Waals surface area contributed by atoms with E-state index < -0.39 is 9.84 Å². The van der Waals surface area contributed by atoms with Gasteiger partial charge >= 0.3 is 0 Å². The summed E-state index contributed by atoms with van der Waals surface area (Å²) in [7, 11) is -1.87. The van der Waals surface area contributed by atoms with Crippen molar-refractivity contribution in [1.82, 2.24) is 0 Å². The fraction of sp³-hybridized carbons (Fsp3) is 0.231. The van der Waals surface area contributed by atoms with Crippen LogP contribution in [-0.2, 0) is 9.84 Å². The Morgan fingerprint density at radius 2 is 2.17 bits per heavy atom. The van der Waals surface area contributed by atoms with E-state index in [1.807, 2.05) is 0 Å². The van der Waals surface area contributed by atoms with Gasteiger partial charge in [-0.15, -0.1) is 0 Å². The van der Waals surface area contributed by atoms with Gasteiger partial charge < -0.3 is 4.74 Å². The zero-order chi connectivity index (χ0) is 13.6. The van der Waals surface area contributed by atoms with Crippen molar-refractivity contribution in [3.63, 3.8) is 0 Å². The maximum Gasteiger partial charge on any atom is 0.180 e. The Morgan fingerprint density at radius 1 is 1.44 bits per heavy atom. The quantitative estimate of drug-likeness (QED) is 0.754. The van der Waals surface area contributed by atoms with Crippen LogP contribution in [0, 0.1) is 0 Å². The third-order valence-electron chi connectivity index (χ3n) is 2.30. The van der Waals surface area contributed by atoms with Crippen molar-refractivity contribution in [2.75, 3.05) is 12.9 Å². The maximum absolute atomic E-state index is 12.0. The predicted octanol–water partition coefficient (Wildman–Crippen LogP) is 3.25. The molecule has 0 atom stereocenters. The highest BCUT2D eigenvalue weighted by Crippen LogP contribution is 2.27. The van der Waals surface area contributed by atoms with E-state index in [0.717, 1.165) is 0 Å². The molecule has 1 aromatic carbocycles. The number of halogens is 1. The molecule has 3 nitrogen and oxygen atoms in total. The van der Waals surface area contributed by atoms with Crippen molar-refractivity contribution >= 4 is 21.4 Å². The molecule has 0 amide bonds. The van der Waals surface area contributed by atoms with Crippen LogP contribution in [0.2, 0.25) is 5.02 Å². The van der Waals surface area contributed by atoms with Gasteiger partial charge in [-0.1, -0.05) is 36.4 Å². The SMILES string of the molecule is C=C/C=C/CCS(=O)(=O)c1ccc(OC)cc1Cl. The lowest BCUT2D eigenvalue weighted by Crippen LogP contribution is -2.06. The molecule has 0 saturated heterocycles. The molecule has 0 spiro atoms. The smallest absolute Gasteiger partial charge is 0.180 e. The summed E-state index contributed by atoms with van der Waals surface area (Å²) in [5.74, 6) is 0.550. The molecular weight excluding hydrogens is 272 g/mol. The van der Waals surface area contributed by atoms with Gasteiger partial charge in [-0.3, -0.25) is 0 Å². The third-order valence-corrected chi connectivity index (χ3v) is 4.52. The molecule has 0 saturated carbocycles. The summed E-state index contributed by atoms with van der Waals surface area (Å²) in [5.41, 5.74) is 0. The van der Waals surface area contributed by atoms with Crippen molar-refractivity contribution in [3.05, 3.63) is 48.0 Å². The van der Waals surface area contributed by atoms with Gasteiger partial charge in [-0.05, 0) is 18.6 Å². The van der Waals surface area contributed by atoms with Crippen molar-refractivity contribution in [1.29, 1.82) is 0 Å². The number of methoxy groups -OCH3 is 1. The van der Waals surface area contributed by atoms with Crippen molar-refractivity contribution in [3.8, 4) is 5.75 Å². The van der Waals surface area contributed by atoms with Crippen LogP contribution in [-0.4, -0.2) is 21.3 Å². The lowest BCUT2D eigenvalue weighted by molar-refractivity contribution is 0.414. The normalized spacial score (nSPS) is 11.7. The highest BCUT2D eigenvalue weighted by molar-refractivity contribution is 7.91. The van der Waals surface area contributed by atoms with Crippen LogP contribution in [0.1, 0.15) is 6.42 Å². The van der Waals surface area contributed by atoms with E-state index in [0.29, 0.717) is 12.2 Å². The number of hydrogen-bond donors (Lipinski definition) is 0. The van der Waals surface area contributed by atoms with Gasteiger partial charge in [0.15, 0.2) is 9.84 Å². The largest absolute Gasteiger partial charge is 0.497 e. The Hall–Kier alpha value is -1.26. The summed E-state index contributed by atoms with van der Waals surface area (Å²) in [6.07, 6.45) is 5.50. The molecular formula is C13H15ClO3S. The van der Waals surface area contributed by atoms with Gasteiger partial charge in [-0.2, -0.15) is 0 Å². The molecule has 0 radical (unpaired) electrons. The van der Waals surface area contributed by atoms with E-state index in [2.05, 4.69) is 6.58 Å². The average molecular weight is 287 g/mol. The Balaban J connectivity index is 2.91. The molecule has 0 aliphatic carbocycles. The zero-order valence-electron chi connectivity index (χ0n) is 10.1. The highest BCUT2D eigenvalue weighted by Gasteiger charge is 2.17. The molecule has 0 fully saturated rings. The van der Waals surface area contributed by atoms with Crippen LogP contribution < -0.4 is 4.74 Å². The Morgan fingerprint density at radius 3 is 2.72 bits per heavy atom. The molecule has 0 unspecified atom stereocenters. The number of allylic oxidation sites excluding steroid dienone is 3. The van der Waals surface area contributed by atoms with Crippen LogP contribution in [0.5, 0.6) is 5.75 Å². The lowest BCUT2D eigenvalue weighted by Gasteiger charge is -2.07. The number of benzene rings is 1. The standard InChI is InChI=1S/C13H15ClO3S/c1-3-4-5-6-9-18(15,16)13-8-7-11(17-2)10-12(13)14/h3-5,7-8,10H,1,6,9H2,2H3/b5-4+. The molecule has 1 aromatic rings. The van der Waals surface area contributed by atoms with E-state index in [1.54, 1.807) is 24.3 Å². The van der Waals surface area contributed by atoms with Gasteiger partial charge in [0.25, 0.3) is 0 Å². The van der Waals surface area contributed by atoms with Crippen LogP contribution in [0.25, 0.3) is 0 Å². The third kappa shape index (κ3) is 3.89. The number of ether oxygens (including phenoxy) is 1. The minimum absolute atomic E-state index is 0.0173. The summed E-state index contributed by atoms with van der Waals surface area (Å²) < 4.78 is 29.0. The molecule has 0 aliphatic heterocycles. The number of rotatable bonds is 6. The molecule has 5 heteroatoms. The monoisotopic (exact) mass is 286 g/mol. The summed E-state index contributed by atoms with van der Waals surface area (Å²) in [4.78, 5) is 0.136. The minimum Gasteiger partial charge on any atom is -0.497 e. The van der Waals surface area contributed by atoms with Crippen LogP contribution in [0.3, 0.4) is 0 Å². The second-order valence-electron chi connectivity index (χ2n) is 3.57. The Labute approximate surface area is 113 Å². The van der Waals surface area contributed by atoms with E-state index in [9.17, 15) is 8.42 Å². The first kappa shape index (κ1) is 14.8. The minimum atomic E-state index is -3.37. The summed E-state index contributed by atoms with van der Waals surface area (Å²) in [6, 6.07) is 4.54. The van der Waals surface area contributed by atoms with Crippen molar-refractivity contribution < 1.29 is 13.2 Å². The first-order valence-corrected chi connectivity index (χ1v) is 7.38. The number of hydrogen-bond acceptors (Lipinski definition) is 3. The second-order valence-corrected chi connectivity index (χ2v) is 6.05. The lowest BCUT2D eigenvalue weighted by atomic mass is 10.3. The zero-order valence-corrected chi connectivity index (χ0v) is 11.7. The summed E-state index contributed by atoms with van der Waals surface area (Å²) in [5, 5.41) is 0.182. The maximum atomic E-state index is 12.0. The van der Waals surface area contributed by atoms with Crippen LogP contribution >= 0.6 is 11.6 Å². The fourth-order valence-electron chi connectivity index (χ4n) is 1.39. The molecule has 0 heterocycles. The van der Waals surface area contributed by atoms with Crippen LogP contribution in [0.4, 0.5) is 0 Å². The van der Waals surface area contributed by atoms with E-state index in [1.165, 1.54) is 19.2 Å². The number of sulfone groups is 1. The summed E-state index contributed by atoms with van der Waals surface area (Å²) >= 11 is 5.94. The van der Waals surface area contributed by atoms with E-state index in [-0.39, 0.29) is 15.7 Å². The molecule has 0 aliphatic rings. The first-order valence-electron chi connectivity index (χ1n) is 5.35. The predicted molar refractivity (Wildman–Crippen MR) is 74.0 cm³/mol. The first-order chi connectivity index (χ1) is 8.51. The average Bonchev–Trinajstić information content (AvgIpc) is 2.34. The fourth-order valence-corrected chi connectivity index (χ4v) is 3.21. The molecule has 0 N–H and O–H groups in total. The van der Waals surface area contributed by atoms with Gasteiger partial charge in [0.1, 0.15) is 5.75 Å². The molecule has 1 rings (SSSR count). The van der Waals surface area contributed by atoms with Gasteiger partial charge in [0.2, 0.25) is 0 Å². The van der Waals surface area contributed by atoms with Crippen LogP contribution in [0.15, 0.2) is 47.9 Å². The van der Waals surface area contributed by atoms with E-state index in [4.69, 9.17) is 16.3 Å². The van der Waals surface area contributed by atoms with Gasteiger partial charge in [0.05, 0.1) is 22.8 Å².